The summed E-state index contributed by atoms with van der Waals surface area (Å²) in [5.41, 5.74) is 0.919. The van der Waals surface area contributed by atoms with Crippen LogP contribution in [0.2, 0.25) is 0 Å². The van der Waals surface area contributed by atoms with Gasteiger partial charge in [-0.1, -0.05) is 26.8 Å². The van der Waals surface area contributed by atoms with Gasteiger partial charge in [-0.15, -0.1) is 11.3 Å². The highest BCUT2D eigenvalue weighted by Crippen LogP contribution is 2.31. The van der Waals surface area contributed by atoms with E-state index in [2.05, 4.69) is 4.98 Å². The van der Waals surface area contributed by atoms with Crippen LogP contribution in [-0.2, 0) is 23.9 Å². The van der Waals surface area contributed by atoms with Crippen molar-refractivity contribution in [3.8, 4) is 0 Å². The molecular formula is C26H37NO7S. The molecule has 0 fully saturated rings. The fourth-order valence-corrected chi connectivity index (χ4v) is 4.45. The van der Waals surface area contributed by atoms with Crippen LogP contribution in [0.3, 0.4) is 0 Å². The van der Waals surface area contributed by atoms with Gasteiger partial charge in [0.15, 0.2) is 0 Å². The highest BCUT2D eigenvalue weighted by atomic mass is 32.1. The number of aryl methyl sites for hydroxylation is 1. The van der Waals surface area contributed by atoms with Crippen molar-refractivity contribution >= 4 is 35.1 Å². The highest BCUT2D eigenvalue weighted by Gasteiger charge is 2.43. The first-order chi connectivity index (χ1) is 16.2. The van der Waals surface area contributed by atoms with E-state index in [-0.39, 0.29) is 13.0 Å². The van der Waals surface area contributed by atoms with Gasteiger partial charge in [0.2, 0.25) is 0 Å². The normalized spacial score (nSPS) is 31.3. The van der Waals surface area contributed by atoms with E-state index >= 15 is 0 Å². The SMILES string of the molecule is C/C1=C/C[C@@H](/C(C)=C/c2csc(C)n2)OC(=O)C[C@H](O)C(C)(C)C(=O)[C@H](C)[C@@H](O)[C@@H](C)C(=O)OC1. The number of aliphatic hydroxyl groups is 2. The molecule has 8 nitrogen and oxygen atoms in total. The lowest BCUT2D eigenvalue weighted by molar-refractivity contribution is -0.156. The zero-order chi connectivity index (χ0) is 26.5. The molecule has 0 spiro atoms. The van der Waals surface area contributed by atoms with Crippen LogP contribution in [0.15, 0.2) is 22.6 Å². The molecule has 0 bridgehead atoms. The van der Waals surface area contributed by atoms with Crippen LogP contribution in [0, 0.1) is 24.2 Å². The molecule has 1 aromatic rings. The van der Waals surface area contributed by atoms with Gasteiger partial charge >= 0.3 is 11.9 Å². The number of rotatable bonds is 2. The third-order valence-corrected chi connectivity index (χ3v) is 7.35. The maximum Gasteiger partial charge on any atom is 0.311 e. The number of thiazole rings is 1. The summed E-state index contributed by atoms with van der Waals surface area (Å²) in [4.78, 5) is 42.9. The first kappa shape index (κ1) is 28.9. The Balaban J connectivity index is 2.38. The Hall–Kier alpha value is -2.36. The number of carbonyl (C=O) groups excluding carboxylic acids is 3. The van der Waals surface area contributed by atoms with Crippen molar-refractivity contribution in [3.63, 3.8) is 0 Å². The average molecular weight is 508 g/mol. The third kappa shape index (κ3) is 7.56. The maximum atomic E-state index is 13.1. The summed E-state index contributed by atoms with van der Waals surface area (Å²) in [6, 6.07) is 0. The summed E-state index contributed by atoms with van der Waals surface area (Å²) >= 11 is 1.51. The Labute approximate surface area is 211 Å². The summed E-state index contributed by atoms with van der Waals surface area (Å²) in [5.74, 6) is -3.61. The smallest absolute Gasteiger partial charge is 0.311 e. The number of cyclic esters (lactones) is 2. The summed E-state index contributed by atoms with van der Waals surface area (Å²) < 4.78 is 11.1. The predicted molar refractivity (Wildman–Crippen MR) is 133 cm³/mol. The molecule has 2 heterocycles. The quantitative estimate of drug-likeness (QED) is 0.459. The van der Waals surface area contributed by atoms with E-state index in [0.717, 1.165) is 21.8 Å². The molecule has 0 radical (unpaired) electrons. The van der Waals surface area contributed by atoms with Crippen LogP contribution in [0.5, 0.6) is 0 Å². The summed E-state index contributed by atoms with van der Waals surface area (Å²) in [6.45, 7) is 11.6. The minimum absolute atomic E-state index is 0.0110. The van der Waals surface area contributed by atoms with Gasteiger partial charge in [-0.3, -0.25) is 14.4 Å². The van der Waals surface area contributed by atoms with Gasteiger partial charge in [0.1, 0.15) is 18.5 Å². The van der Waals surface area contributed by atoms with Gasteiger partial charge in [-0.2, -0.15) is 0 Å². The van der Waals surface area contributed by atoms with E-state index in [1.165, 1.54) is 39.0 Å². The molecule has 194 valence electrons. The van der Waals surface area contributed by atoms with Crippen LogP contribution in [0.1, 0.15) is 65.1 Å². The van der Waals surface area contributed by atoms with Crippen molar-refractivity contribution in [1.82, 2.24) is 4.98 Å². The second kappa shape index (κ2) is 12.1. The van der Waals surface area contributed by atoms with E-state index in [1.54, 1.807) is 6.92 Å². The number of aromatic nitrogens is 1. The molecule has 1 aromatic heterocycles. The molecular weight excluding hydrogens is 470 g/mol. The van der Waals surface area contributed by atoms with Gasteiger partial charge in [0, 0.05) is 17.7 Å². The van der Waals surface area contributed by atoms with Gasteiger partial charge in [0.25, 0.3) is 0 Å². The first-order valence-corrected chi connectivity index (χ1v) is 12.6. The number of esters is 2. The number of aliphatic hydroxyl groups excluding tert-OH is 2. The second-order valence-electron chi connectivity index (χ2n) is 9.93. The number of Topliss-reactive ketones (excluding diaryl/α,β-unsaturated/α-hetero) is 1. The molecule has 0 aliphatic carbocycles. The lowest BCUT2D eigenvalue weighted by Gasteiger charge is -2.34. The Morgan fingerprint density at radius 1 is 1.17 bits per heavy atom. The lowest BCUT2D eigenvalue weighted by Crippen LogP contribution is -2.46. The van der Waals surface area contributed by atoms with E-state index in [1.807, 2.05) is 31.4 Å². The second-order valence-corrected chi connectivity index (χ2v) is 11.0. The largest absolute Gasteiger partial charge is 0.461 e. The number of ether oxygens (including phenoxy) is 2. The summed E-state index contributed by atoms with van der Waals surface area (Å²) in [7, 11) is 0. The number of nitrogens with zero attached hydrogens (tertiary/aromatic N) is 1. The third-order valence-electron chi connectivity index (χ3n) is 6.55. The van der Waals surface area contributed by atoms with E-state index < -0.39 is 53.3 Å². The van der Waals surface area contributed by atoms with Gasteiger partial charge in [-0.05, 0) is 44.9 Å². The summed E-state index contributed by atoms with van der Waals surface area (Å²) in [5, 5.41) is 24.2. The molecule has 5 atom stereocenters. The molecule has 0 amide bonds. The number of ketones is 1. The molecule has 1 aliphatic heterocycles. The van der Waals surface area contributed by atoms with Crippen molar-refractivity contribution in [2.75, 3.05) is 6.61 Å². The molecule has 2 rings (SSSR count). The fraction of sp³-hybridized carbons (Fsp3) is 0.615. The molecule has 0 saturated carbocycles. The molecule has 2 N–H and O–H groups in total. The molecule has 0 aromatic carbocycles. The average Bonchev–Trinajstić information content (AvgIpc) is 3.21. The van der Waals surface area contributed by atoms with E-state index in [9.17, 15) is 24.6 Å². The Kier molecular flexibility index (Phi) is 9.94. The molecule has 35 heavy (non-hydrogen) atoms. The Bertz CT molecular complexity index is 994. The number of carbonyl (C=O) groups is 3. The van der Waals surface area contributed by atoms with Gasteiger partial charge in [-0.25, -0.2) is 4.98 Å². The van der Waals surface area contributed by atoms with Crippen molar-refractivity contribution in [2.45, 2.75) is 79.6 Å². The molecule has 0 unspecified atom stereocenters. The lowest BCUT2D eigenvalue weighted by atomic mass is 9.73. The van der Waals surface area contributed by atoms with Crippen molar-refractivity contribution in [3.05, 3.63) is 33.3 Å². The predicted octanol–water partition coefficient (Wildman–Crippen LogP) is 3.64. The van der Waals surface area contributed by atoms with Crippen LogP contribution >= 0.6 is 11.3 Å². The van der Waals surface area contributed by atoms with Crippen LogP contribution < -0.4 is 0 Å². The van der Waals surface area contributed by atoms with Crippen LogP contribution in [-0.4, -0.2) is 57.8 Å². The topological polar surface area (TPSA) is 123 Å². The van der Waals surface area contributed by atoms with E-state index in [0.29, 0.717) is 6.42 Å². The standard InChI is InChI=1S/C26H37NO7S/c1-14-8-9-20(15(2)10-19-13-35-18(5)27-19)34-22(29)11-21(28)26(6,7)24(31)16(3)23(30)17(4)25(32)33-12-14/h8,10,13,16-17,20-21,23,28,30H,9,11-12H2,1-7H3/b14-8-,15-10+/t16-,17-,20+,21+,23-/m1/s1. The maximum absolute atomic E-state index is 13.1. The fourth-order valence-electron chi connectivity index (χ4n) is 3.88. The summed E-state index contributed by atoms with van der Waals surface area (Å²) in [6.07, 6.45) is 0.350. The van der Waals surface area contributed by atoms with E-state index in [4.69, 9.17) is 9.47 Å². The molecule has 1 aliphatic rings. The zero-order valence-electron chi connectivity index (χ0n) is 21.5. The highest BCUT2D eigenvalue weighted by molar-refractivity contribution is 7.09. The monoisotopic (exact) mass is 507 g/mol. The number of hydrogen-bond acceptors (Lipinski definition) is 9. The van der Waals surface area contributed by atoms with Crippen LogP contribution in [0.4, 0.5) is 0 Å². The molecule has 0 saturated heterocycles. The van der Waals surface area contributed by atoms with Crippen molar-refractivity contribution < 1.29 is 34.1 Å². The van der Waals surface area contributed by atoms with Gasteiger partial charge < -0.3 is 19.7 Å². The number of hydrogen-bond donors (Lipinski definition) is 2. The first-order valence-electron chi connectivity index (χ1n) is 11.8. The van der Waals surface area contributed by atoms with Crippen molar-refractivity contribution in [1.29, 1.82) is 0 Å². The Morgan fingerprint density at radius 3 is 2.43 bits per heavy atom. The van der Waals surface area contributed by atoms with Gasteiger partial charge in [0.05, 0.1) is 40.7 Å². The minimum Gasteiger partial charge on any atom is -0.461 e. The molecule has 9 heteroatoms. The Morgan fingerprint density at radius 2 is 1.83 bits per heavy atom. The van der Waals surface area contributed by atoms with Crippen LogP contribution in [0.25, 0.3) is 6.08 Å². The van der Waals surface area contributed by atoms with Crippen molar-refractivity contribution in [2.24, 2.45) is 17.3 Å². The minimum atomic E-state index is -1.35. The zero-order valence-corrected chi connectivity index (χ0v) is 22.3.